The molecule has 2 saturated heterocycles. The molecule has 2 aliphatic heterocycles. The predicted molar refractivity (Wildman–Crippen MR) is 78.9 cm³/mol. The Balaban J connectivity index is 1.43. The molecule has 7 nitrogen and oxygen atoms in total. The van der Waals surface area contributed by atoms with Crippen molar-refractivity contribution < 1.29 is 9.59 Å². The molecule has 0 bridgehead atoms. The molecule has 7 heteroatoms. The van der Waals surface area contributed by atoms with E-state index in [9.17, 15) is 9.59 Å². The van der Waals surface area contributed by atoms with Crippen LogP contribution >= 0.6 is 0 Å². The van der Waals surface area contributed by atoms with Gasteiger partial charge < -0.3 is 15.2 Å². The molecule has 4 rings (SSSR count). The van der Waals surface area contributed by atoms with Gasteiger partial charge in [0.25, 0.3) is 0 Å². The van der Waals surface area contributed by atoms with Crippen molar-refractivity contribution in [3.8, 4) is 0 Å². The zero-order valence-electron chi connectivity index (χ0n) is 12.5. The summed E-state index contributed by atoms with van der Waals surface area (Å²) in [5.74, 6) is 0.817. The van der Waals surface area contributed by atoms with Crippen LogP contribution in [0, 0.1) is 5.92 Å². The van der Waals surface area contributed by atoms with Gasteiger partial charge in [-0.15, -0.1) is 0 Å². The molecule has 1 saturated carbocycles. The van der Waals surface area contributed by atoms with Crippen molar-refractivity contribution in [2.45, 2.75) is 31.3 Å². The number of rotatable bonds is 4. The molecule has 3 fully saturated rings. The molecular formula is C15H21N5O2. The zero-order chi connectivity index (χ0) is 15.1. The Labute approximate surface area is 129 Å². The number of aromatic amines is 1. The quantitative estimate of drug-likeness (QED) is 0.776. The maximum absolute atomic E-state index is 12.6. The van der Waals surface area contributed by atoms with Crippen LogP contribution in [0.2, 0.25) is 0 Å². The number of nitrogens with zero attached hydrogens (tertiary/aromatic N) is 3. The van der Waals surface area contributed by atoms with E-state index in [2.05, 4.69) is 20.2 Å². The maximum Gasteiger partial charge on any atom is 0.246 e. The second kappa shape index (κ2) is 5.39. The van der Waals surface area contributed by atoms with E-state index in [0.29, 0.717) is 19.5 Å². The van der Waals surface area contributed by atoms with E-state index in [0.717, 1.165) is 24.7 Å². The summed E-state index contributed by atoms with van der Waals surface area (Å²) in [6.07, 6.45) is 6.37. The maximum atomic E-state index is 12.6. The highest BCUT2D eigenvalue weighted by Crippen LogP contribution is 2.30. The van der Waals surface area contributed by atoms with Gasteiger partial charge >= 0.3 is 0 Å². The largest absolute Gasteiger partial charge is 0.348 e. The average Bonchev–Trinajstić information content (AvgIpc) is 3.17. The molecule has 0 spiro atoms. The first-order valence-corrected chi connectivity index (χ1v) is 8.01. The highest BCUT2D eigenvalue weighted by molar-refractivity contribution is 5.97. The second-order valence-corrected chi connectivity index (χ2v) is 6.59. The summed E-state index contributed by atoms with van der Waals surface area (Å²) >= 11 is 0. The van der Waals surface area contributed by atoms with Crippen molar-refractivity contribution in [2.75, 3.05) is 26.2 Å². The number of H-pyrrole nitrogens is 1. The summed E-state index contributed by atoms with van der Waals surface area (Å²) in [7, 11) is 0. The Morgan fingerprint density at radius 3 is 2.86 bits per heavy atom. The fourth-order valence-electron chi connectivity index (χ4n) is 3.44. The summed E-state index contributed by atoms with van der Waals surface area (Å²) in [5, 5.41) is 2.89. The summed E-state index contributed by atoms with van der Waals surface area (Å²) in [4.78, 5) is 36.1. The van der Waals surface area contributed by atoms with Gasteiger partial charge in [0.2, 0.25) is 11.8 Å². The van der Waals surface area contributed by atoms with Gasteiger partial charge in [0.1, 0.15) is 12.1 Å². The summed E-state index contributed by atoms with van der Waals surface area (Å²) in [6.45, 7) is 3.28. The Kier molecular flexibility index (Phi) is 3.37. The Morgan fingerprint density at radius 2 is 2.14 bits per heavy atom. The molecular weight excluding hydrogens is 282 g/mol. The minimum Gasteiger partial charge on any atom is -0.348 e. The number of fused-ring (bicyclic) bond motifs is 1. The van der Waals surface area contributed by atoms with Crippen molar-refractivity contribution in [3.63, 3.8) is 0 Å². The Morgan fingerprint density at radius 1 is 1.27 bits per heavy atom. The van der Waals surface area contributed by atoms with Gasteiger partial charge in [0.15, 0.2) is 0 Å². The number of carbonyl (C=O) groups excluding carboxylic acids is 2. The van der Waals surface area contributed by atoms with E-state index in [1.165, 1.54) is 12.8 Å². The number of nitrogens with one attached hydrogen (secondary N) is 2. The van der Waals surface area contributed by atoms with Gasteiger partial charge in [-0.25, -0.2) is 4.98 Å². The molecule has 2 atom stereocenters. The molecule has 1 aromatic heterocycles. The van der Waals surface area contributed by atoms with Crippen molar-refractivity contribution in [3.05, 3.63) is 18.2 Å². The lowest BCUT2D eigenvalue weighted by Gasteiger charge is -2.45. The highest BCUT2D eigenvalue weighted by atomic mass is 16.2. The summed E-state index contributed by atoms with van der Waals surface area (Å²) in [5.41, 5.74) is 0.865. The molecule has 0 radical (unpaired) electrons. The Bertz CT molecular complexity index is 568. The van der Waals surface area contributed by atoms with Gasteiger partial charge in [-0.2, -0.15) is 0 Å². The van der Waals surface area contributed by atoms with Crippen LogP contribution in [0.3, 0.4) is 0 Å². The molecule has 22 heavy (non-hydrogen) atoms. The topological polar surface area (TPSA) is 81.3 Å². The lowest BCUT2D eigenvalue weighted by molar-refractivity contribution is -0.153. The molecule has 2 N–H and O–H groups in total. The van der Waals surface area contributed by atoms with Crippen LogP contribution in [0.15, 0.2) is 12.5 Å². The molecule has 118 valence electrons. The third kappa shape index (κ3) is 2.61. The van der Waals surface area contributed by atoms with E-state index >= 15 is 0 Å². The van der Waals surface area contributed by atoms with Crippen molar-refractivity contribution in [1.29, 1.82) is 0 Å². The monoisotopic (exact) mass is 303 g/mol. The second-order valence-electron chi connectivity index (χ2n) is 6.59. The average molecular weight is 303 g/mol. The van der Waals surface area contributed by atoms with Gasteiger partial charge in [0, 0.05) is 44.5 Å². The highest BCUT2D eigenvalue weighted by Gasteiger charge is 2.43. The molecule has 1 aromatic rings. The number of carbonyl (C=O) groups is 2. The third-order valence-corrected chi connectivity index (χ3v) is 4.86. The minimum atomic E-state index is -0.473. The van der Waals surface area contributed by atoms with Crippen molar-refractivity contribution in [2.24, 2.45) is 5.92 Å². The fraction of sp³-hybridized carbons (Fsp3) is 0.667. The molecule has 3 heterocycles. The van der Waals surface area contributed by atoms with Gasteiger partial charge in [0.05, 0.1) is 6.33 Å². The first kappa shape index (κ1) is 13.8. The molecule has 2 amide bonds. The summed E-state index contributed by atoms with van der Waals surface area (Å²) < 4.78 is 0. The standard InChI is InChI=1S/C15H21N5O2/c21-14-13-8-19(7-10-1-2-10)3-4-20(13)15(22)12(18-14)5-11-6-16-9-17-11/h6,9-10,12-13H,1-5,7-8H2,(H,16,17)(H,18,21)/t12-,13+/m0/s1. The minimum absolute atomic E-state index is 0.0235. The van der Waals surface area contributed by atoms with Crippen molar-refractivity contribution >= 4 is 11.8 Å². The number of piperazine rings is 2. The lowest BCUT2D eigenvalue weighted by Crippen LogP contribution is -2.69. The van der Waals surface area contributed by atoms with Gasteiger partial charge in [-0.05, 0) is 18.8 Å². The predicted octanol–water partition coefficient (Wildman–Crippen LogP) is -0.627. The van der Waals surface area contributed by atoms with Crippen LogP contribution in [0.5, 0.6) is 0 Å². The third-order valence-electron chi connectivity index (χ3n) is 4.86. The SMILES string of the molecule is O=C1N[C@@H](Cc2cnc[nH]2)C(=O)N2CCN(CC3CC3)C[C@H]12. The van der Waals surface area contributed by atoms with Crippen LogP contribution in [0.4, 0.5) is 0 Å². The zero-order valence-corrected chi connectivity index (χ0v) is 12.5. The number of aromatic nitrogens is 2. The number of hydrogen-bond donors (Lipinski definition) is 2. The van der Waals surface area contributed by atoms with Crippen LogP contribution in [0.1, 0.15) is 18.5 Å². The number of imidazole rings is 1. The fourth-order valence-corrected chi connectivity index (χ4v) is 3.44. The van der Waals surface area contributed by atoms with Crippen molar-refractivity contribution in [1.82, 2.24) is 25.1 Å². The van der Waals surface area contributed by atoms with E-state index in [-0.39, 0.29) is 17.9 Å². The van der Waals surface area contributed by atoms with E-state index < -0.39 is 6.04 Å². The van der Waals surface area contributed by atoms with Gasteiger partial charge in [-0.1, -0.05) is 0 Å². The first-order chi connectivity index (χ1) is 10.7. The van der Waals surface area contributed by atoms with Gasteiger partial charge in [-0.3, -0.25) is 14.5 Å². The normalized spacial score (nSPS) is 29.4. The Hall–Kier alpha value is -1.89. The lowest BCUT2D eigenvalue weighted by atomic mass is 10.0. The molecule has 0 aromatic carbocycles. The number of amides is 2. The van der Waals surface area contributed by atoms with Crippen LogP contribution in [0.25, 0.3) is 0 Å². The smallest absolute Gasteiger partial charge is 0.246 e. The molecule has 0 unspecified atom stereocenters. The van der Waals surface area contributed by atoms with E-state index in [4.69, 9.17) is 0 Å². The summed E-state index contributed by atoms with van der Waals surface area (Å²) in [6, 6.07) is -0.794. The van der Waals surface area contributed by atoms with Crippen LogP contribution in [-0.4, -0.2) is 69.8 Å². The van der Waals surface area contributed by atoms with E-state index in [1.54, 1.807) is 17.4 Å². The number of hydrogen-bond acceptors (Lipinski definition) is 4. The molecule has 3 aliphatic rings. The van der Waals surface area contributed by atoms with E-state index in [1.807, 2.05) is 0 Å². The van der Waals surface area contributed by atoms with Crippen LogP contribution in [-0.2, 0) is 16.0 Å². The first-order valence-electron chi connectivity index (χ1n) is 8.01. The molecule has 1 aliphatic carbocycles. The van der Waals surface area contributed by atoms with Crippen LogP contribution < -0.4 is 5.32 Å².